The minimum Gasteiger partial charge on any atom is -0.392 e. The van der Waals surface area contributed by atoms with E-state index < -0.39 is 0 Å². The van der Waals surface area contributed by atoms with Crippen LogP contribution in [-0.2, 0) is 14.2 Å². The number of likely N-dealkylation sites (tertiary alicyclic amines) is 1. The molecular weight excluding hydrogens is 366 g/mol. The van der Waals surface area contributed by atoms with Gasteiger partial charge in [-0.1, -0.05) is 6.92 Å². The molecule has 5 nitrogen and oxygen atoms in total. The van der Waals surface area contributed by atoms with E-state index in [0.29, 0.717) is 24.0 Å². The quantitative estimate of drug-likeness (QED) is 0.762. The molecule has 0 amide bonds. The first-order chi connectivity index (χ1) is 14.1. The molecule has 29 heavy (non-hydrogen) atoms. The second kappa shape index (κ2) is 6.41. The lowest BCUT2D eigenvalue weighted by molar-refractivity contribution is -0.271. The van der Waals surface area contributed by atoms with Crippen LogP contribution in [0.2, 0.25) is 0 Å². The maximum Gasteiger partial charge on any atom is 0.0806 e. The first kappa shape index (κ1) is 19.5. The van der Waals surface area contributed by atoms with Crippen molar-refractivity contribution in [3.05, 3.63) is 0 Å². The zero-order valence-corrected chi connectivity index (χ0v) is 18.5. The summed E-state index contributed by atoms with van der Waals surface area (Å²) in [4.78, 5) is 2.81. The molecular formula is C24H39NO4. The van der Waals surface area contributed by atoms with Crippen LogP contribution in [0.3, 0.4) is 0 Å². The van der Waals surface area contributed by atoms with Gasteiger partial charge in [-0.15, -0.1) is 0 Å². The fourth-order valence-corrected chi connectivity index (χ4v) is 10.5. The Hall–Kier alpha value is -0.200. The van der Waals surface area contributed by atoms with Crippen LogP contribution < -0.4 is 0 Å². The molecule has 1 heterocycles. The molecule has 164 valence electrons. The number of hydrogen-bond acceptors (Lipinski definition) is 5. The van der Waals surface area contributed by atoms with Gasteiger partial charge >= 0.3 is 0 Å². The highest BCUT2D eigenvalue weighted by Crippen LogP contribution is 2.77. The van der Waals surface area contributed by atoms with E-state index in [2.05, 4.69) is 18.7 Å². The number of fused-ring (bicyclic) bond motifs is 2. The largest absolute Gasteiger partial charge is 0.392 e. The predicted octanol–water partition coefficient (Wildman–Crippen LogP) is 2.56. The summed E-state index contributed by atoms with van der Waals surface area (Å²) in [6.45, 7) is 7.56. The van der Waals surface area contributed by atoms with E-state index in [-0.39, 0.29) is 35.1 Å². The molecule has 5 heteroatoms. The molecule has 6 fully saturated rings. The van der Waals surface area contributed by atoms with Crippen molar-refractivity contribution in [2.75, 3.05) is 33.9 Å². The van der Waals surface area contributed by atoms with E-state index in [1.165, 1.54) is 25.8 Å². The monoisotopic (exact) mass is 405 g/mol. The number of piperidine rings is 1. The van der Waals surface area contributed by atoms with Gasteiger partial charge < -0.3 is 19.3 Å². The molecule has 5 saturated carbocycles. The van der Waals surface area contributed by atoms with Crippen LogP contribution in [0.15, 0.2) is 0 Å². The normalized spacial score (nSPS) is 59.9. The number of nitrogens with zero attached hydrogens (tertiary/aromatic N) is 1. The minimum atomic E-state index is -0.295. The van der Waals surface area contributed by atoms with Crippen molar-refractivity contribution in [1.82, 2.24) is 4.90 Å². The van der Waals surface area contributed by atoms with Crippen molar-refractivity contribution >= 4 is 0 Å². The molecule has 5 aliphatic carbocycles. The molecule has 7 bridgehead atoms. The van der Waals surface area contributed by atoms with E-state index in [1.807, 2.05) is 14.2 Å². The Labute approximate surface area is 175 Å². The fourth-order valence-electron chi connectivity index (χ4n) is 10.5. The van der Waals surface area contributed by atoms with Crippen molar-refractivity contribution in [1.29, 1.82) is 0 Å². The summed E-state index contributed by atoms with van der Waals surface area (Å²) in [5.74, 6) is 3.00. The van der Waals surface area contributed by atoms with Crippen LogP contribution in [0.4, 0.5) is 0 Å². The summed E-state index contributed by atoms with van der Waals surface area (Å²) in [6.07, 6.45) is 5.94. The Morgan fingerprint density at radius 3 is 2.55 bits per heavy atom. The first-order valence-corrected chi connectivity index (χ1v) is 12.2. The maximum atomic E-state index is 11.6. The van der Waals surface area contributed by atoms with Crippen molar-refractivity contribution in [3.63, 3.8) is 0 Å². The lowest BCUT2D eigenvalue weighted by Crippen LogP contribution is -2.74. The second-order valence-corrected chi connectivity index (χ2v) is 10.9. The van der Waals surface area contributed by atoms with Crippen LogP contribution in [-0.4, -0.2) is 73.9 Å². The van der Waals surface area contributed by atoms with Crippen molar-refractivity contribution in [2.24, 2.45) is 40.9 Å². The van der Waals surface area contributed by atoms with Gasteiger partial charge in [-0.2, -0.15) is 0 Å². The van der Waals surface area contributed by atoms with Crippen molar-refractivity contribution < 1.29 is 19.3 Å². The summed E-state index contributed by atoms with van der Waals surface area (Å²) in [5, 5.41) is 11.6. The standard InChI is InChI=1S/C24H39NO4/c1-5-25-12-13-7-8-19(28-4)24-15(13)10-17(22(24)25)23(29-6-2)11-18(27-3)14-9-16(24)20(23)21(14)26/h13-22,26H,5-12H2,1-4H3/t13-,14+,15?,16?,17+,18-,19-,20?,21-,22?,23-,24-/m0/s1. The van der Waals surface area contributed by atoms with Gasteiger partial charge in [0.15, 0.2) is 0 Å². The van der Waals surface area contributed by atoms with Crippen LogP contribution >= 0.6 is 0 Å². The summed E-state index contributed by atoms with van der Waals surface area (Å²) < 4.78 is 19.2. The van der Waals surface area contributed by atoms with Gasteiger partial charge in [0, 0.05) is 63.0 Å². The van der Waals surface area contributed by atoms with Gasteiger partial charge in [-0.25, -0.2) is 0 Å². The Morgan fingerprint density at radius 1 is 1.03 bits per heavy atom. The van der Waals surface area contributed by atoms with E-state index in [0.717, 1.165) is 37.8 Å². The third-order valence-electron chi connectivity index (χ3n) is 10.8. The molecule has 1 spiro atoms. The van der Waals surface area contributed by atoms with E-state index in [4.69, 9.17) is 14.2 Å². The predicted molar refractivity (Wildman–Crippen MR) is 109 cm³/mol. The number of hydrogen-bond donors (Lipinski definition) is 1. The highest BCUT2D eigenvalue weighted by molar-refractivity contribution is 5.31. The third kappa shape index (κ3) is 2.02. The maximum absolute atomic E-state index is 11.6. The molecule has 1 N–H and O–H groups in total. The molecule has 6 rings (SSSR count). The van der Waals surface area contributed by atoms with Gasteiger partial charge in [0.25, 0.3) is 0 Å². The summed E-state index contributed by atoms with van der Waals surface area (Å²) in [7, 11) is 3.78. The highest BCUT2D eigenvalue weighted by Gasteiger charge is 2.82. The SMILES string of the molecule is CCO[C@]12C[C@H](OC)[C@H]3CC(C1[C@H]3O)[C@]13C4C[C@@H]2C1N(CC)C[C@@H]4CC[C@@H]3OC. The molecule has 4 unspecified atom stereocenters. The van der Waals surface area contributed by atoms with E-state index in [1.54, 1.807) is 0 Å². The van der Waals surface area contributed by atoms with Crippen LogP contribution in [0, 0.1) is 40.9 Å². The van der Waals surface area contributed by atoms with E-state index in [9.17, 15) is 5.11 Å². The molecule has 6 aliphatic rings. The van der Waals surface area contributed by atoms with Crippen molar-refractivity contribution in [2.45, 2.75) is 75.9 Å². The minimum absolute atomic E-state index is 0.115. The lowest BCUT2D eigenvalue weighted by atomic mass is 9.46. The van der Waals surface area contributed by atoms with Crippen molar-refractivity contribution in [3.8, 4) is 0 Å². The van der Waals surface area contributed by atoms with Gasteiger partial charge in [-0.05, 0) is 56.9 Å². The Balaban J connectivity index is 1.58. The molecule has 12 atom stereocenters. The smallest absolute Gasteiger partial charge is 0.0806 e. The number of aliphatic hydroxyl groups excluding tert-OH is 1. The molecule has 1 aliphatic heterocycles. The second-order valence-electron chi connectivity index (χ2n) is 10.9. The average Bonchev–Trinajstić information content (AvgIpc) is 3.11. The van der Waals surface area contributed by atoms with Crippen LogP contribution in [0.25, 0.3) is 0 Å². The Kier molecular flexibility index (Phi) is 4.31. The fraction of sp³-hybridized carbons (Fsp3) is 1.00. The highest BCUT2D eigenvalue weighted by atomic mass is 16.5. The number of aliphatic hydroxyl groups is 1. The van der Waals surface area contributed by atoms with Crippen LogP contribution in [0.5, 0.6) is 0 Å². The molecule has 0 aromatic carbocycles. The molecule has 1 saturated heterocycles. The third-order valence-corrected chi connectivity index (χ3v) is 10.8. The van der Waals surface area contributed by atoms with E-state index >= 15 is 0 Å². The Bertz CT molecular complexity index is 673. The molecule has 0 radical (unpaired) electrons. The van der Waals surface area contributed by atoms with Gasteiger partial charge in [0.2, 0.25) is 0 Å². The number of ether oxygens (including phenoxy) is 3. The van der Waals surface area contributed by atoms with Gasteiger partial charge in [0.05, 0.1) is 23.9 Å². The lowest BCUT2D eigenvalue weighted by Gasteiger charge is -2.67. The number of rotatable bonds is 5. The van der Waals surface area contributed by atoms with Gasteiger partial charge in [-0.3, -0.25) is 4.90 Å². The first-order valence-electron chi connectivity index (χ1n) is 12.2. The number of methoxy groups -OCH3 is 2. The van der Waals surface area contributed by atoms with Gasteiger partial charge in [0.1, 0.15) is 0 Å². The summed E-state index contributed by atoms with van der Waals surface area (Å²) in [6, 6.07) is 0.536. The zero-order valence-electron chi connectivity index (χ0n) is 18.5. The molecule has 0 aromatic rings. The Morgan fingerprint density at radius 2 is 1.86 bits per heavy atom. The molecule has 0 aromatic heterocycles. The van der Waals surface area contributed by atoms with Crippen LogP contribution in [0.1, 0.15) is 46.0 Å². The topological polar surface area (TPSA) is 51.2 Å². The zero-order chi connectivity index (χ0) is 20.1. The summed E-state index contributed by atoms with van der Waals surface area (Å²) in [5.41, 5.74) is -0.0411. The average molecular weight is 406 g/mol. The summed E-state index contributed by atoms with van der Waals surface area (Å²) >= 11 is 0.